The molecule has 0 bridgehead atoms. The summed E-state index contributed by atoms with van der Waals surface area (Å²) >= 11 is 0. The Morgan fingerprint density at radius 1 is 1.30 bits per heavy atom. The molecule has 2 aromatic heterocycles. The van der Waals surface area contributed by atoms with E-state index in [-0.39, 0.29) is 11.9 Å². The van der Waals surface area contributed by atoms with Crippen molar-refractivity contribution < 1.29 is 4.79 Å². The Morgan fingerprint density at radius 2 is 2.15 bits per heavy atom. The van der Waals surface area contributed by atoms with Crippen molar-refractivity contribution in [2.24, 2.45) is 0 Å². The van der Waals surface area contributed by atoms with Gasteiger partial charge in [-0.1, -0.05) is 11.3 Å². The molecular weight excluding hydrogens is 258 g/mol. The number of tetrazole rings is 1. The maximum absolute atomic E-state index is 12.3. The van der Waals surface area contributed by atoms with Gasteiger partial charge in [0, 0.05) is 12.4 Å². The fraction of sp³-hybridized carbons (Fsp3) is 0.167. The van der Waals surface area contributed by atoms with Crippen molar-refractivity contribution >= 4 is 16.9 Å². The number of nitrogens with zero attached hydrogens (tertiary/aromatic N) is 5. The summed E-state index contributed by atoms with van der Waals surface area (Å²) in [6.45, 7) is 1.78. The normalized spacial score (nSPS) is 12.2. The van der Waals surface area contributed by atoms with E-state index in [1.54, 1.807) is 31.5 Å². The number of benzene rings is 1. The van der Waals surface area contributed by atoms with Gasteiger partial charge in [-0.05, 0) is 19.1 Å². The minimum atomic E-state index is -0.354. The Balaban J connectivity index is 1.89. The number of carbonyl (C=O) groups excluding carboxylic acids is 1. The number of hydrogen-bond acceptors (Lipinski definition) is 6. The van der Waals surface area contributed by atoms with Crippen molar-refractivity contribution in [2.45, 2.75) is 13.0 Å². The van der Waals surface area contributed by atoms with E-state index in [1.807, 2.05) is 6.07 Å². The fourth-order valence-corrected chi connectivity index (χ4v) is 1.87. The predicted octanol–water partition coefficient (Wildman–Crippen LogP) is 0.634. The summed E-state index contributed by atoms with van der Waals surface area (Å²) in [6.07, 6.45) is 3.15. The van der Waals surface area contributed by atoms with Crippen LogP contribution in [0.15, 0.2) is 30.6 Å². The number of aromatic amines is 1. The molecule has 0 aliphatic carbocycles. The number of fused-ring (bicyclic) bond motifs is 1. The molecule has 0 spiro atoms. The van der Waals surface area contributed by atoms with Gasteiger partial charge in [-0.15, -0.1) is 10.2 Å². The van der Waals surface area contributed by atoms with E-state index in [9.17, 15) is 4.79 Å². The van der Waals surface area contributed by atoms with Crippen LogP contribution in [0.25, 0.3) is 11.0 Å². The maximum Gasteiger partial charge on any atom is 0.254 e. The van der Waals surface area contributed by atoms with Gasteiger partial charge < -0.3 is 5.32 Å². The van der Waals surface area contributed by atoms with E-state index in [2.05, 4.69) is 35.9 Å². The first-order chi connectivity index (χ1) is 9.75. The lowest BCUT2D eigenvalue weighted by Crippen LogP contribution is -2.27. The zero-order chi connectivity index (χ0) is 13.9. The lowest BCUT2D eigenvalue weighted by molar-refractivity contribution is 0.0940. The van der Waals surface area contributed by atoms with Gasteiger partial charge in [0.1, 0.15) is 5.52 Å². The molecule has 100 valence electrons. The molecule has 0 aliphatic heterocycles. The van der Waals surface area contributed by atoms with E-state index in [1.165, 1.54) is 0 Å². The van der Waals surface area contributed by atoms with Crippen molar-refractivity contribution in [3.8, 4) is 0 Å². The minimum Gasteiger partial charge on any atom is -0.342 e. The van der Waals surface area contributed by atoms with E-state index in [0.29, 0.717) is 22.4 Å². The summed E-state index contributed by atoms with van der Waals surface area (Å²) in [4.78, 5) is 20.7. The molecule has 2 N–H and O–H groups in total. The van der Waals surface area contributed by atoms with Gasteiger partial charge in [-0.3, -0.25) is 14.8 Å². The second-order valence-corrected chi connectivity index (χ2v) is 4.19. The van der Waals surface area contributed by atoms with Gasteiger partial charge in [-0.2, -0.15) is 5.21 Å². The van der Waals surface area contributed by atoms with Gasteiger partial charge >= 0.3 is 0 Å². The quantitative estimate of drug-likeness (QED) is 0.721. The molecule has 20 heavy (non-hydrogen) atoms. The third kappa shape index (κ3) is 2.18. The van der Waals surface area contributed by atoms with Crippen LogP contribution >= 0.6 is 0 Å². The topological polar surface area (TPSA) is 109 Å². The molecule has 8 heteroatoms. The van der Waals surface area contributed by atoms with E-state index < -0.39 is 0 Å². The van der Waals surface area contributed by atoms with Gasteiger partial charge in [0.15, 0.2) is 5.82 Å². The first-order valence-electron chi connectivity index (χ1n) is 5.99. The zero-order valence-electron chi connectivity index (χ0n) is 10.6. The summed E-state index contributed by atoms with van der Waals surface area (Å²) in [5, 5.41) is 16.3. The average molecular weight is 269 g/mol. The molecule has 3 aromatic rings. The Labute approximate surface area is 113 Å². The van der Waals surface area contributed by atoms with E-state index in [0.717, 1.165) is 0 Å². The molecular formula is C12H11N7O. The van der Waals surface area contributed by atoms with Crippen LogP contribution in [-0.2, 0) is 0 Å². The molecule has 1 aromatic carbocycles. The van der Waals surface area contributed by atoms with Crippen LogP contribution in [0.3, 0.4) is 0 Å². The van der Waals surface area contributed by atoms with Crippen LogP contribution in [0.4, 0.5) is 0 Å². The van der Waals surface area contributed by atoms with Gasteiger partial charge in [-0.25, -0.2) is 0 Å². The average Bonchev–Trinajstić information content (AvgIpc) is 3.01. The monoisotopic (exact) mass is 269 g/mol. The molecule has 2 heterocycles. The standard InChI is InChI=1S/C12H11N7O/c1-7(11-16-18-19-17-11)15-12(20)8-3-2-4-9-10(8)14-6-5-13-9/h2-7H,1H3,(H,15,20)(H,16,17,18,19). The number of hydrogen-bond donors (Lipinski definition) is 2. The van der Waals surface area contributed by atoms with Crippen LogP contribution in [-0.4, -0.2) is 36.5 Å². The zero-order valence-corrected chi connectivity index (χ0v) is 10.6. The molecule has 1 unspecified atom stereocenters. The number of carbonyl (C=O) groups is 1. The maximum atomic E-state index is 12.3. The van der Waals surface area contributed by atoms with E-state index in [4.69, 9.17) is 0 Å². The molecule has 0 saturated carbocycles. The van der Waals surface area contributed by atoms with Crippen LogP contribution < -0.4 is 5.32 Å². The van der Waals surface area contributed by atoms with E-state index >= 15 is 0 Å². The molecule has 0 aliphatic rings. The summed E-state index contributed by atoms with van der Waals surface area (Å²) < 4.78 is 0. The third-order valence-corrected chi connectivity index (χ3v) is 2.84. The minimum absolute atomic E-state index is 0.256. The fourth-order valence-electron chi connectivity index (χ4n) is 1.87. The molecule has 1 atom stereocenters. The lowest BCUT2D eigenvalue weighted by atomic mass is 10.1. The van der Waals surface area contributed by atoms with Crippen molar-refractivity contribution in [3.05, 3.63) is 42.0 Å². The Bertz CT molecular complexity index is 735. The van der Waals surface area contributed by atoms with Gasteiger partial charge in [0.25, 0.3) is 5.91 Å². The second kappa shape index (κ2) is 5.00. The molecule has 1 amide bonds. The van der Waals surface area contributed by atoms with Crippen LogP contribution in [0.5, 0.6) is 0 Å². The van der Waals surface area contributed by atoms with Crippen molar-refractivity contribution in [1.29, 1.82) is 0 Å². The number of amides is 1. The molecule has 0 saturated heterocycles. The highest BCUT2D eigenvalue weighted by Crippen LogP contribution is 2.15. The number of rotatable bonds is 3. The highest BCUT2D eigenvalue weighted by atomic mass is 16.1. The van der Waals surface area contributed by atoms with Crippen LogP contribution in [0, 0.1) is 0 Å². The second-order valence-electron chi connectivity index (χ2n) is 4.19. The molecule has 0 radical (unpaired) electrons. The number of aromatic nitrogens is 6. The molecule has 8 nitrogen and oxygen atoms in total. The number of H-pyrrole nitrogens is 1. The first-order valence-corrected chi connectivity index (χ1v) is 5.99. The largest absolute Gasteiger partial charge is 0.342 e. The van der Waals surface area contributed by atoms with Crippen molar-refractivity contribution in [2.75, 3.05) is 0 Å². The third-order valence-electron chi connectivity index (χ3n) is 2.84. The summed E-state index contributed by atoms with van der Waals surface area (Å²) in [7, 11) is 0. The predicted molar refractivity (Wildman–Crippen MR) is 69.6 cm³/mol. The highest BCUT2D eigenvalue weighted by Gasteiger charge is 2.17. The summed E-state index contributed by atoms with van der Waals surface area (Å²) in [5.74, 6) is 0.165. The van der Waals surface area contributed by atoms with Crippen molar-refractivity contribution in [1.82, 2.24) is 35.9 Å². The Kier molecular flexibility index (Phi) is 3.04. The summed E-state index contributed by atoms with van der Waals surface area (Å²) in [5.41, 5.74) is 1.70. The Morgan fingerprint density at radius 3 is 2.95 bits per heavy atom. The smallest absolute Gasteiger partial charge is 0.254 e. The Hall–Kier alpha value is -2.90. The lowest BCUT2D eigenvalue weighted by Gasteiger charge is -2.10. The highest BCUT2D eigenvalue weighted by molar-refractivity contribution is 6.04. The van der Waals surface area contributed by atoms with Gasteiger partial charge in [0.05, 0.1) is 17.1 Å². The number of nitrogens with one attached hydrogen (secondary N) is 2. The number of para-hydroxylation sites is 1. The molecule has 0 fully saturated rings. The SMILES string of the molecule is CC(NC(=O)c1cccc2nccnc12)c1nn[nH]n1. The van der Waals surface area contributed by atoms with Gasteiger partial charge in [0.2, 0.25) is 0 Å². The summed E-state index contributed by atoms with van der Waals surface area (Å²) in [6, 6.07) is 4.93. The van der Waals surface area contributed by atoms with Crippen LogP contribution in [0.2, 0.25) is 0 Å². The van der Waals surface area contributed by atoms with Crippen LogP contribution in [0.1, 0.15) is 29.1 Å². The first kappa shape index (κ1) is 12.2. The van der Waals surface area contributed by atoms with Crippen molar-refractivity contribution in [3.63, 3.8) is 0 Å². The molecule has 3 rings (SSSR count).